The number of furan rings is 1. The number of amides is 2. The molecule has 7 heteroatoms. The number of hydrogen-bond donors (Lipinski definition) is 2. The van der Waals surface area contributed by atoms with E-state index in [-0.39, 0.29) is 5.92 Å². The number of carbonyl (C=O) groups excluding carboxylic acids is 2. The lowest BCUT2D eigenvalue weighted by Gasteiger charge is -2.23. The minimum absolute atomic E-state index is 0.292. The SMILES string of the molecule is Cc1ccc(C(C)NC(=O)C(NC(=O)c2c(F)cccc2F)C(C)C)o1. The van der Waals surface area contributed by atoms with E-state index in [1.54, 1.807) is 39.8 Å². The Morgan fingerprint density at radius 1 is 1.00 bits per heavy atom. The fourth-order valence-electron chi connectivity index (χ4n) is 2.52. The number of benzene rings is 1. The van der Waals surface area contributed by atoms with Crippen molar-refractivity contribution < 1.29 is 22.8 Å². The molecule has 0 bridgehead atoms. The largest absolute Gasteiger partial charge is 0.464 e. The van der Waals surface area contributed by atoms with Gasteiger partial charge in [0, 0.05) is 0 Å². The first kappa shape index (κ1) is 19.6. The number of rotatable bonds is 6. The lowest BCUT2D eigenvalue weighted by Crippen LogP contribution is -2.50. The van der Waals surface area contributed by atoms with Crippen LogP contribution in [0.15, 0.2) is 34.7 Å². The van der Waals surface area contributed by atoms with Crippen molar-refractivity contribution in [3.63, 3.8) is 0 Å². The highest BCUT2D eigenvalue weighted by molar-refractivity contribution is 5.98. The fraction of sp³-hybridized carbons (Fsp3) is 0.368. The molecule has 0 spiro atoms. The third kappa shape index (κ3) is 4.47. The quantitative estimate of drug-likeness (QED) is 0.824. The van der Waals surface area contributed by atoms with Crippen molar-refractivity contribution in [3.8, 4) is 0 Å². The van der Waals surface area contributed by atoms with Gasteiger partial charge in [-0.15, -0.1) is 0 Å². The average Bonchev–Trinajstić information content (AvgIpc) is 2.98. The lowest BCUT2D eigenvalue weighted by molar-refractivity contribution is -0.124. The van der Waals surface area contributed by atoms with Gasteiger partial charge in [-0.3, -0.25) is 9.59 Å². The van der Waals surface area contributed by atoms with Crippen LogP contribution in [-0.2, 0) is 4.79 Å². The predicted octanol–water partition coefficient (Wildman–Crippen LogP) is 3.50. The molecule has 2 N–H and O–H groups in total. The van der Waals surface area contributed by atoms with E-state index in [2.05, 4.69) is 10.6 Å². The molecule has 1 heterocycles. The molecule has 0 saturated heterocycles. The number of halogens is 2. The fourth-order valence-corrected chi connectivity index (χ4v) is 2.52. The Balaban J connectivity index is 2.13. The van der Waals surface area contributed by atoms with Crippen LogP contribution in [-0.4, -0.2) is 17.9 Å². The van der Waals surface area contributed by atoms with Crippen LogP contribution < -0.4 is 10.6 Å². The molecular formula is C19H22F2N2O3. The van der Waals surface area contributed by atoms with Crippen LogP contribution in [0.4, 0.5) is 8.78 Å². The van der Waals surface area contributed by atoms with Crippen molar-refractivity contribution >= 4 is 11.8 Å². The lowest BCUT2D eigenvalue weighted by atomic mass is 10.0. The number of carbonyl (C=O) groups is 2. The molecule has 0 fully saturated rings. The van der Waals surface area contributed by atoms with Gasteiger partial charge < -0.3 is 15.1 Å². The Hall–Kier alpha value is -2.70. The van der Waals surface area contributed by atoms with Crippen LogP contribution in [0.3, 0.4) is 0 Å². The van der Waals surface area contributed by atoms with Gasteiger partial charge >= 0.3 is 0 Å². The van der Waals surface area contributed by atoms with Crippen LogP contribution in [0.1, 0.15) is 48.7 Å². The van der Waals surface area contributed by atoms with E-state index < -0.39 is 41.1 Å². The molecule has 2 amide bonds. The van der Waals surface area contributed by atoms with Crippen molar-refractivity contribution in [2.24, 2.45) is 5.92 Å². The topological polar surface area (TPSA) is 71.3 Å². The van der Waals surface area contributed by atoms with Gasteiger partial charge in [-0.2, -0.15) is 0 Å². The monoisotopic (exact) mass is 364 g/mol. The maximum Gasteiger partial charge on any atom is 0.257 e. The summed E-state index contributed by atoms with van der Waals surface area (Å²) in [7, 11) is 0. The second-order valence-corrected chi connectivity index (χ2v) is 6.47. The zero-order valence-corrected chi connectivity index (χ0v) is 15.1. The summed E-state index contributed by atoms with van der Waals surface area (Å²) in [6, 6.07) is 5.30. The summed E-state index contributed by atoms with van der Waals surface area (Å²) < 4.78 is 33.0. The van der Waals surface area contributed by atoms with E-state index in [1.165, 1.54) is 6.07 Å². The average molecular weight is 364 g/mol. The van der Waals surface area contributed by atoms with Gasteiger partial charge in [-0.05, 0) is 44.0 Å². The maximum absolute atomic E-state index is 13.8. The van der Waals surface area contributed by atoms with E-state index in [4.69, 9.17) is 4.42 Å². The van der Waals surface area contributed by atoms with Crippen molar-refractivity contribution in [3.05, 3.63) is 59.1 Å². The highest BCUT2D eigenvalue weighted by atomic mass is 19.1. The highest BCUT2D eigenvalue weighted by Gasteiger charge is 2.28. The summed E-state index contributed by atoms with van der Waals surface area (Å²) in [4.78, 5) is 24.8. The van der Waals surface area contributed by atoms with Crippen LogP contribution >= 0.6 is 0 Å². The van der Waals surface area contributed by atoms with Crippen molar-refractivity contribution in [2.75, 3.05) is 0 Å². The molecule has 1 aromatic carbocycles. The zero-order chi connectivity index (χ0) is 19.4. The number of aryl methyl sites for hydroxylation is 1. The maximum atomic E-state index is 13.8. The van der Waals surface area contributed by atoms with Gasteiger partial charge in [-0.1, -0.05) is 19.9 Å². The summed E-state index contributed by atoms with van der Waals surface area (Å²) in [6.45, 7) is 6.98. The molecule has 2 atom stereocenters. The van der Waals surface area contributed by atoms with Gasteiger partial charge in [0.15, 0.2) is 0 Å². The molecule has 0 aliphatic rings. The Morgan fingerprint density at radius 2 is 1.62 bits per heavy atom. The molecule has 26 heavy (non-hydrogen) atoms. The van der Waals surface area contributed by atoms with Crippen LogP contribution in [0, 0.1) is 24.5 Å². The van der Waals surface area contributed by atoms with Gasteiger partial charge in [0.05, 0.1) is 6.04 Å². The summed E-state index contributed by atoms with van der Waals surface area (Å²) in [5.41, 5.74) is -0.708. The number of nitrogens with one attached hydrogen (secondary N) is 2. The summed E-state index contributed by atoms with van der Waals surface area (Å²) >= 11 is 0. The molecule has 2 aromatic rings. The summed E-state index contributed by atoms with van der Waals surface area (Å²) in [5.74, 6) is -2.41. The smallest absolute Gasteiger partial charge is 0.257 e. The van der Waals surface area contributed by atoms with Gasteiger partial charge in [-0.25, -0.2) is 8.78 Å². The van der Waals surface area contributed by atoms with E-state index in [1.807, 2.05) is 0 Å². The van der Waals surface area contributed by atoms with Crippen LogP contribution in [0.2, 0.25) is 0 Å². The van der Waals surface area contributed by atoms with Crippen LogP contribution in [0.25, 0.3) is 0 Å². The summed E-state index contributed by atoms with van der Waals surface area (Å²) in [6.07, 6.45) is 0. The first-order chi connectivity index (χ1) is 12.2. The van der Waals surface area contributed by atoms with Crippen molar-refractivity contribution in [1.29, 1.82) is 0 Å². The molecule has 0 aliphatic heterocycles. The zero-order valence-electron chi connectivity index (χ0n) is 15.1. The van der Waals surface area contributed by atoms with E-state index >= 15 is 0 Å². The minimum Gasteiger partial charge on any atom is -0.464 e. The molecule has 140 valence electrons. The molecule has 0 aliphatic carbocycles. The molecule has 0 radical (unpaired) electrons. The first-order valence-electron chi connectivity index (χ1n) is 8.32. The van der Waals surface area contributed by atoms with Crippen molar-refractivity contribution in [1.82, 2.24) is 10.6 Å². The molecule has 1 aromatic heterocycles. The normalized spacial score (nSPS) is 13.3. The Bertz CT molecular complexity index is 782. The Kier molecular flexibility index (Phi) is 6.13. The van der Waals surface area contributed by atoms with Gasteiger partial charge in [0.1, 0.15) is 34.8 Å². The molecule has 0 saturated carbocycles. The number of hydrogen-bond acceptors (Lipinski definition) is 3. The third-order valence-corrected chi connectivity index (χ3v) is 3.97. The van der Waals surface area contributed by atoms with E-state index in [0.717, 1.165) is 12.1 Å². The molecule has 2 unspecified atom stereocenters. The molecule has 5 nitrogen and oxygen atoms in total. The predicted molar refractivity (Wildman–Crippen MR) is 92.5 cm³/mol. The van der Waals surface area contributed by atoms with Gasteiger partial charge in [0.25, 0.3) is 5.91 Å². The third-order valence-electron chi connectivity index (χ3n) is 3.97. The van der Waals surface area contributed by atoms with E-state index in [0.29, 0.717) is 11.5 Å². The van der Waals surface area contributed by atoms with Crippen molar-refractivity contribution in [2.45, 2.75) is 39.8 Å². The standard InChI is InChI=1S/C19H22F2N2O3/c1-10(2)17(19(25)22-12(4)15-9-8-11(3)26-15)23-18(24)16-13(20)6-5-7-14(16)21/h5-10,12,17H,1-4H3,(H,22,25)(H,23,24). The second-order valence-electron chi connectivity index (χ2n) is 6.47. The molecule has 2 rings (SSSR count). The highest BCUT2D eigenvalue weighted by Crippen LogP contribution is 2.17. The Labute approximate surface area is 150 Å². The van der Waals surface area contributed by atoms with Gasteiger partial charge in [0.2, 0.25) is 5.91 Å². The Morgan fingerprint density at radius 3 is 2.12 bits per heavy atom. The minimum atomic E-state index is -0.982. The molecular weight excluding hydrogens is 342 g/mol. The van der Waals surface area contributed by atoms with Crippen LogP contribution in [0.5, 0.6) is 0 Å². The summed E-state index contributed by atoms with van der Waals surface area (Å²) in [5, 5.41) is 5.16. The van der Waals surface area contributed by atoms with E-state index in [9.17, 15) is 18.4 Å². The second kappa shape index (κ2) is 8.12. The first-order valence-corrected chi connectivity index (χ1v) is 8.32.